The van der Waals surface area contributed by atoms with E-state index in [0.29, 0.717) is 11.5 Å². The first kappa shape index (κ1) is 10.7. The topological polar surface area (TPSA) is 72.5 Å². The Balaban J connectivity index is 2.76. The minimum Gasteiger partial charge on any atom is -0.342 e. The number of nitrogens with one attached hydrogen (secondary N) is 1. The molecule has 0 bridgehead atoms. The van der Waals surface area contributed by atoms with Crippen LogP contribution in [0.25, 0.3) is 0 Å². The van der Waals surface area contributed by atoms with Gasteiger partial charge in [-0.2, -0.15) is 10.5 Å². The van der Waals surface area contributed by atoms with E-state index < -0.39 is 5.92 Å². The molecule has 4 nitrogen and oxygen atoms in total. The normalized spacial score (nSPS) is 9.07. The number of aryl methyl sites for hydroxylation is 1. The fourth-order valence-corrected chi connectivity index (χ4v) is 1.03. The van der Waals surface area contributed by atoms with E-state index in [9.17, 15) is 0 Å². The van der Waals surface area contributed by atoms with E-state index in [-0.39, 0.29) is 0 Å². The third-order valence-corrected chi connectivity index (χ3v) is 1.81. The Labute approximate surface area is 88.5 Å². The van der Waals surface area contributed by atoms with E-state index in [2.05, 4.69) is 16.9 Å². The molecule has 0 aliphatic heterocycles. The van der Waals surface area contributed by atoms with Crippen molar-refractivity contribution in [3.8, 4) is 12.1 Å². The summed E-state index contributed by atoms with van der Waals surface area (Å²) in [5.41, 5.74) is 1.39. The van der Waals surface area contributed by atoms with Crippen molar-refractivity contribution < 1.29 is 0 Å². The van der Waals surface area contributed by atoms with Crippen LogP contribution in [0.5, 0.6) is 0 Å². The van der Waals surface area contributed by atoms with Crippen LogP contribution >= 0.6 is 0 Å². The average molecular weight is 198 g/mol. The highest BCUT2D eigenvalue weighted by atomic mass is 15.0. The highest BCUT2D eigenvalue weighted by molar-refractivity contribution is 5.44. The number of hydrogen-bond donors (Lipinski definition) is 1. The van der Waals surface area contributed by atoms with Crippen molar-refractivity contribution in [2.75, 3.05) is 5.32 Å². The summed E-state index contributed by atoms with van der Waals surface area (Å²) in [5.74, 6) is -0.261. The van der Waals surface area contributed by atoms with Crippen molar-refractivity contribution >= 4 is 5.82 Å². The van der Waals surface area contributed by atoms with Gasteiger partial charge in [0.25, 0.3) is 0 Å². The molecule has 0 radical (unpaired) electrons. The fraction of sp³-hybridized carbons (Fsp3) is 0.182. The molecular weight excluding hydrogens is 188 g/mol. The molecule has 1 rings (SSSR count). The number of nitriles is 2. The molecule has 0 saturated carbocycles. The number of aromatic nitrogens is 1. The molecule has 0 unspecified atom stereocenters. The van der Waals surface area contributed by atoms with E-state index in [0.717, 1.165) is 5.56 Å². The minimum absolute atomic E-state index is 0.345. The first-order valence-electron chi connectivity index (χ1n) is 4.35. The van der Waals surface area contributed by atoms with E-state index >= 15 is 0 Å². The van der Waals surface area contributed by atoms with Gasteiger partial charge in [0, 0.05) is 11.9 Å². The summed E-state index contributed by atoms with van der Waals surface area (Å²) in [7, 11) is 0. The third-order valence-electron chi connectivity index (χ3n) is 1.81. The molecule has 0 saturated heterocycles. The zero-order valence-electron chi connectivity index (χ0n) is 8.36. The molecular formula is C11H10N4. The molecule has 15 heavy (non-hydrogen) atoms. The van der Waals surface area contributed by atoms with Gasteiger partial charge in [-0.15, -0.1) is 0 Å². The predicted molar refractivity (Wildman–Crippen MR) is 56.5 cm³/mol. The summed E-state index contributed by atoms with van der Waals surface area (Å²) >= 11 is 0. The number of nitrogens with zero attached hydrogens (tertiary/aromatic N) is 3. The van der Waals surface area contributed by atoms with Gasteiger partial charge in [-0.3, -0.25) is 0 Å². The molecule has 0 amide bonds. The Hall–Kier alpha value is -2.33. The van der Waals surface area contributed by atoms with Crippen LogP contribution < -0.4 is 5.32 Å². The predicted octanol–water partition coefficient (Wildman–Crippen LogP) is 1.98. The number of allylic oxidation sites excluding steroid dienone is 1. The highest BCUT2D eigenvalue weighted by Gasteiger charge is 2.10. The first-order valence-corrected chi connectivity index (χ1v) is 4.35. The van der Waals surface area contributed by atoms with Crippen LogP contribution in [-0.2, 0) is 0 Å². The third kappa shape index (κ3) is 2.82. The Morgan fingerprint density at radius 3 is 2.73 bits per heavy atom. The molecule has 0 fully saturated rings. The van der Waals surface area contributed by atoms with Gasteiger partial charge >= 0.3 is 0 Å². The lowest BCUT2D eigenvalue weighted by atomic mass is 10.1. The quantitative estimate of drug-likeness (QED) is 0.805. The summed E-state index contributed by atoms with van der Waals surface area (Å²) in [5, 5.41) is 20.1. The van der Waals surface area contributed by atoms with Gasteiger partial charge in [0.2, 0.25) is 0 Å². The standard InChI is InChI=1S/C11H10N4/c1-8-3-4-14-11(5-8)15-9(2)10(6-12)7-13/h3-5,10H,2H2,1H3,(H,14,15). The monoisotopic (exact) mass is 198 g/mol. The van der Waals surface area contributed by atoms with Gasteiger partial charge in [0.15, 0.2) is 5.92 Å². The molecule has 0 aromatic carbocycles. The second-order valence-electron chi connectivity index (χ2n) is 3.06. The molecule has 1 N–H and O–H groups in total. The number of rotatable bonds is 3. The largest absolute Gasteiger partial charge is 0.342 e. The smallest absolute Gasteiger partial charge is 0.172 e. The maximum absolute atomic E-state index is 8.64. The van der Waals surface area contributed by atoms with Crippen LogP contribution in [0, 0.1) is 35.5 Å². The van der Waals surface area contributed by atoms with Crippen LogP contribution in [0.2, 0.25) is 0 Å². The molecule has 0 aliphatic rings. The lowest BCUT2D eigenvalue weighted by Crippen LogP contribution is -2.08. The van der Waals surface area contributed by atoms with Gasteiger partial charge in [-0.25, -0.2) is 4.98 Å². The van der Waals surface area contributed by atoms with Crippen LogP contribution in [0.15, 0.2) is 30.6 Å². The minimum atomic E-state index is -0.854. The van der Waals surface area contributed by atoms with Crippen molar-refractivity contribution in [3.63, 3.8) is 0 Å². The van der Waals surface area contributed by atoms with Crippen molar-refractivity contribution in [3.05, 3.63) is 36.2 Å². The summed E-state index contributed by atoms with van der Waals surface area (Å²) in [6, 6.07) is 7.35. The Kier molecular flexibility index (Phi) is 3.43. The summed E-state index contributed by atoms with van der Waals surface area (Å²) in [6.45, 7) is 5.56. The van der Waals surface area contributed by atoms with Crippen molar-refractivity contribution in [1.82, 2.24) is 4.98 Å². The molecule has 1 aromatic heterocycles. The van der Waals surface area contributed by atoms with Crippen molar-refractivity contribution in [2.45, 2.75) is 6.92 Å². The maximum Gasteiger partial charge on any atom is 0.172 e. The Morgan fingerprint density at radius 1 is 1.53 bits per heavy atom. The zero-order valence-corrected chi connectivity index (χ0v) is 8.36. The highest BCUT2D eigenvalue weighted by Crippen LogP contribution is 2.12. The van der Waals surface area contributed by atoms with E-state index in [4.69, 9.17) is 10.5 Å². The van der Waals surface area contributed by atoms with Crippen LogP contribution in [-0.4, -0.2) is 4.98 Å². The molecule has 0 atom stereocenters. The van der Waals surface area contributed by atoms with Gasteiger partial charge in [0.05, 0.1) is 12.1 Å². The number of hydrogen-bond acceptors (Lipinski definition) is 4. The molecule has 74 valence electrons. The SMILES string of the molecule is C=C(Nc1cc(C)ccn1)C(C#N)C#N. The van der Waals surface area contributed by atoms with Gasteiger partial charge < -0.3 is 5.32 Å². The van der Waals surface area contributed by atoms with Gasteiger partial charge in [0.1, 0.15) is 5.82 Å². The number of anilines is 1. The molecule has 0 spiro atoms. The molecule has 1 aromatic rings. The van der Waals surface area contributed by atoms with E-state index in [1.807, 2.05) is 31.2 Å². The number of pyridine rings is 1. The van der Waals surface area contributed by atoms with Crippen molar-refractivity contribution in [1.29, 1.82) is 10.5 Å². The lowest BCUT2D eigenvalue weighted by Gasteiger charge is -2.08. The lowest BCUT2D eigenvalue weighted by molar-refractivity contribution is 1.00. The second-order valence-corrected chi connectivity index (χ2v) is 3.06. The zero-order chi connectivity index (χ0) is 11.3. The molecule has 4 heteroatoms. The Morgan fingerprint density at radius 2 is 2.20 bits per heavy atom. The molecule has 0 aliphatic carbocycles. The molecule has 1 heterocycles. The van der Waals surface area contributed by atoms with Crippen LogP contribution in [0.4, 0.5) is 5.82 Å². The average Bonchev–Trinajstić information content (AvgIpc) is 2.19. The van der Waals surface area contributed by atoms with E-state index in [1.165, 1.54) is 0 Å². The fourth-order valence-electron chi connectivity index (χ4n) is 1.03. The summed E-state index contributed by atoms with van der Waals surface area (Å²) in [6.07, 6.45) is 1.65. The van der Waals surface area contributed by atoms with Crippen LogP contribution in [0.3, 0.4) is 0 Å². The first-order chi connectivity index (χ1) is 7.17. The van der Waals surface area contributed by atoms with Gasteiger partial charge in [-0.1, -0.05) is 6.58 Å². The second kappa shape index (κ2) is 4.78. The Bertz CT molecular complexity index is 436. The van der Waals surface area contributed by atoms with E-state index in [1.54, 1.807) is 6.20 Å². The van der Waals surface area contributed by atoms with Crippen LogP contribution in [0.1, 0.15) is 5.56 Å². The summed E-state index contributed by atoms with van der Waals surface area (Å²) < 4.78 is 0. The van der Waals surface area contributed by atoms with Crippen molar-refractivity contribution in [2.24, 2.45) is 5.92 Å². The summed E-state index contributed by atoms with van der Waals surface area (Å²) in [4.78, 5) is 4.04. The maximum atomic E-state index is 8.64. The van der Waals surface area contributed by atoms with Gasteiger partial charge in [-0.05, 0) is 24.6 Å².